The summed E-state index contributed by atoms with van der Waals surface area (Å²) in [5.41, 5.74) is 7.19. The monoisotopic (exact) mass is 467 g/mol. The summed E-state index contributed by atoms with van der Waals surface area (Å²) in [5, 5.41) is 10.00. The lowest BCUT2D eigenvalue weighted by Gasteiger charge is -2.57. The summed E-state index contributed by atoms with van der Waals surface area (Å²) in [5.74, 6) is 3.29. The van der Waals surface area contributed by atoms with E-state index < -0.39 is 0 Å². The fourth-order valence-electron chi connectivity index (χ4n) is 7.68. The number of nitriles is 1. The molecule has 4 bridgehead atoms. The Morgan fingerprint density at radius 1 is 0.639 bits per heavy atom. The predicted octanol–water partition coefficient (Wildman–Crippen LogP) is 7.82. The highest BCUT2D eigenvalue weighted by Crippen LogP contribution is 2.61. The molecule has 0 spiro atoms. The first-order valence-electron chi connectivity index (χ1n) is 13.2. The zero-order chi connectivity index (χ0) is 24.1. The fourth-order valence-corrected chi connectivity index (χ4v) is 7.68. The van der Waals surface area contributed by atoms with Crippen molar-refractivity contribution in [3.63, 3.8) is 0 Å². The van der Waals surface area contributed by atoms with Crippen LogP contribution in [0.25, 0.3) is 33.9 Å². The highest BCUT2D eigenvalue weighted by atomic mass is 14.9. The minimum absolute atomic E-state index is 0.230. The maximum absolute atomic E-state index is 10.00. The second-order valence-electron chi connectivity index (χ2n) is 11.3. The molecule has 0 N–H and O–H groups in total. The van der Waals surface area contributed by atoms with Crippen LogP contribution in [0.2, 0.25) is 0 Å². The van der Waals surface area contributed by atoms with Gasteiger partial charge in [-0.3, -0.25) is 0 Å². The lowest BCUT2D eigenvalue weighted by Crippen LogP contribution is -2.48. The molecule has 4 aromatic rings. The third-order valence-corrected chi connectivity index (χ3v) is 8.84. The summed E-state index contributed by atoms with van der Waals surface area (Å²) in [7, 11) is 0. The van der Waals surface area contributed by atoms with Crippen molar-refractivity contribution in [1.82, 2.24) is 9.97 Å². The van der Waals surface area contributed by atoms with Crippen molar-refractivity contribution in [2.24, 2.45) is 17.8 Å². The zero-order valence-corrected chi connectivity index (χ0v) is 20.4. The molecular formula is C33H29N3. The molecule has 4 aliphatic carbocycles. The highest BCUT2D eigenvalue weighted by molar-refractivity contribution is 5.73. The molecule has 0 atom stereocenters. The van der Waals surface area contributed by atoms with Crippen LogP contribution in [0.1, 0.15) is 49.7 Å². The van der Waals surface area contributed by atoms with Crippen LogP contribution >= 0.6 is 0 Å². The van der Waals surface area contributed by atoms with Gasteiger partial charge in [0.15, 0.2) is 5.82 Å². The molecule has 0 amide bonds. The Balaban J connectivity index is 1.39. The number of hydrogen-bond acceptors (Lipinski definition) is 3. The van der Waals surface area contributed by atoms with Gasteiger partial charge in [0.1, 0.15) is 0 Å². The second kappa shape index (κ2) is 8.42. The molecule has 0 radical (unpaired) electrons. The van der Waals surface area contributed by atoms with Crippen LogP contribution in [0.15, 0.2) is 84.9 Å². The third-order valence-electron chi connectivity index (χ3n) is 8.84. The zero-order valence-electron chi connectivity index (χ0n) is 20.4. The minimum Gasteiger partial charge on any atom is -0.228 e. The van der Waals surface area contributed by atoms with Gasteiger partial charge in [-0.15, -0.1) is 0 Å². The van der Waals surface area contributed by atoms with Crippen molar-refractivity contribution in [1.29, 1.82) is 5.26 Å². The Labute approximate surface area is 212 Å². The molecule has 0 saturated heterocycles. The molecule has 176 valence electrons. The van der Waals surface area contributed by atoms with Crippen molar-refractivity contribution in [3.8, 4) is 40.0 Å². The van der Waals surface area contributed by atoms with Crippen LogP contribution in [-0.2, 0) is 5.41 Å². The van der Waals surface area contributed by atoms with E-state index in [1.807, 2.05) is 42.5 Å². The van der Waals surface area contributed by atoms with Crippen molar-refractivity contribution < 1.29 is 0 Å². The summed E-state index contributed by atoms with van der Waals surface area (Å²) >= 11 is 0. The largest absolute Gasteiger partial charge is 0.228 e. The average Bonchev–Trinajstić information content (AvgIpc) is 2.93. The van der Waals surface area contributed by atoms with Crippen molar-refractivity contribution >= 4 is 0 Å². The second-order valence-corrected chi connectivity index (χ2v) is 11.3. The third kappa shape index (κ3) is 3.73. The molecule has 3 heteroatoms. The quantitative estimate of drug-likeness (QED) is 0.307. The van der Waals surface area contributed by atoms with E-state index in [0.29, 0.717) is 5.82 Å². The van der Waals surface area contributed by atoms with Gasteiger partial charge in [0.2, 0.25) is 0 Å². The van der Waals surface area contributed by atoms with E-state index in [1.54, 1.807) is 0 Å². The smallest absolute Gasteiger partial charge is 0.160 e. The van der Waals surface area contributed by atoms with E-state index in [9.17, 15) is 5.26 Å². The summed E-state index contributed by atoms with van der Waals surface area (Å²) in [6.07, 6.45) is 8.08. The Bertz CT molecular complexity index is 1370. The number of hydrogen-bond donors (Lipinski definition) is 0. The first kappa shape index (κ1) is 21.5. The van der Waals surface area contributed by atoms with Gasteiger partial charge in [-0.25, -0.2) is 9.97 Å². The lowest BCUT2D eigenvalue weighted by molar-refractivity contribution is -0.00517. The molecule has 4 fully saturated rings. The molecule has 1 aromatic heterocycles. The number of benzene rings is 3. The fraction of sp³-hybridized carbons (Fsp3) is 0.303. The maximum Gasteiger partial charge on any atom is 0.160 e. The highest BCUT2D eigenvalue weighted by Gasteiger charge is 2.51. The Kier molecular flexibility index (Phi) is 5.03. The SMILES string of the molecule is N#Cc1cc(-c2cc(-c3ccccc3)nc(-c3ccccc3)n2)cc(C23CC4CC(CC(C4)C2)C3)c1. The molecule has 8 rings (SSSR count). The summed E-state index contributed by atoms with van der Waals surface area (Å²) in [4.78, 5) is 9.98. The molecular weight excluding hydrogens is 438 g/mol. The van der Waals surface area contributed by atoms with Gasteiger partial charge in [0.05, 0.1) is 23.0 Å². The molecule has 4 aliphatic rings. The van der Waals surface area contributed by atoms with Crippen molar-refractivity contribution in [3.05, 3.63) is 96.1 Å². The number of rotatable bonds is 4. The number of aromatic nitrogens is 2. The van der Waals surface area contributed by atoms with E-state index in [1.165, 1.54) is 44.1 Å². The van der Waals surface area contributed by atoms with Gasteiger partial charge < -0.3 is 0 Å². The van der Waals surface area contributed by atoms with E-state index in [0.717, 1.165) is 51.4 Å². The standard InChI is InChI=1S/C33H29N3/c34-21-25-14-28(16-29(15-25)33-18-22-11-23(19-33)13-24(12-22)20-33)31-17-30(26-7-3-1-4-8-26)35-32(36-31)27-9-5-2-6-10-27/h1-10,14-17,22-24H,11-13,18-20H2. The normalized spacial score (nSPS) is 26.0. The maximum atomic E-state index is 10.00. The first-order valence-corrected chi connectivity index (χ1v) is 13.2. The Morgan fingerprint density at radius 3 is 1.78 bits per heavy atom. The van der Waals surface area contributed by atoms with E-state index in [2.05, 4.69) is 48.5 Å². The summed E-state index contributed by atoms with van der Waals surface area (Å²) in [6.45, 7) is 0. The lowest BCUT2D eigenvalue weighted by atomic mass is 9.48. The van der Waals surface area contributed by atoms with Crippen molar-refractivity contribution in [2.75, 3.05) is 0 Å². The Morgan fingerprint density at radius 2 is 1.19 bits per heavy atom. The molecule has 0 aliphatic heterocycles. The summed E-state index contributed by atoms with van der Waals surface area (Å²) in [6, 6.07) is 31.5. The predicted molar refractivity (Wildman–Crippen MR) is 143 cm³/mol. The van der Waals surface area contributed by atoms with Crippen molar-refractivity contribution in [2.45, 2.75) is 43.9 Å². The molecule has 36 heavy (non-hydrogen) atoms. The molecule has 4 saturated carbocycles. The molecule has 3 aromatic carbocycles. The molecule has 0 unspecified atom stereocenters. The van der Waals surface area contributed by atoms with Crippen LogP contribution in [0.4, 0.5) is 0 Å². The van der Waals surface area contributed by atoms with Gasteiger partial charge in [0, 0.05) is 16.7 Å². The van der Waals surface area contributed by atoms with E-state index in [4.69, 9.17) is 9.97 Å². The van der Waals surface area contributed by atoms with Gasteiger partial charge in [-0.05, 0) is 91.5 Å². The van der Waals surface area contributed by atoms with Crippen LogP contribution in [0, 0.1) is 29.1 Å². The van der Waals surface area contributed by atoms with Gasteiger partial charge in [-0.2, -0.15) is 5.26 Å². The molecule has 3 nitrogen and oxygen atoms in total. The van der Waals surface area contributed by atoms with E-state index in [-0.39, 0.29) is 5.41 Å². The van der Waals surface area contributed by atoms with Crippen LogP contribution in [0.5, 0.6) is 0 Å². The first-order chi connectivity index (χ1) is 17.7. The van der Waals surface area contributed by atoms with Gasteiger partial charge in [-0.1, -0.05) is 60.7 Å². The van der Waals surface area contributed by atoms with E-state index >= 15 is 0 Å². The van der Waals surface area contributed by atoms with Crippen LogP contribution in [-0.4, -0.2) is 9.97 Å². The molecule has 1 heterocycles. The minimum atomic E-state index is 0.230. The van der Waals surface area contributed by atoms with Crippen LogP contribution in [0.3, 0.4) is 0 Å². The number of nitrogens with zero attached hydrogens (tertiary/aromatic N) is 3. The van der Waals surface area contributed by atoms with Crippen LogP contribution < -0.4 is 0 Å². The topological polar surface area (TPSA) is 49.6 Å². The van der Waals surface area contributed by atoms with Gasteiger partial charge >= 0.3 is 0 Å². The Hall–Kier alpha value is -3.77. The van der Waals surface area contributed by atoms with Gasteiger partial charge in [0.25, 0.3) is 0 Å². The average molecular weight is 468 g/mol. The summed E-state index contributed by atoms with van der Waals surface area (Å²) < 4.78 is 0.